The van der Waals surface area contributed by atoms with Crippen molar-refractivity contribution in [2.24, 2.45) is 23.2 Å². The fraction of sp³-hybridized carbons (Fsp3) is 0.750. The Bertz CT molecular complexity index is 1470. The molecule has 352 valence electrons. The highest BCUT2D eigenvalue weighted by Gasteiger charge is 2.48. The minimum absolute atomic E-state index is 0.0541. The van der Waals surface area contributed by atoms with Gasteiger partial charge in [-0.05, 0) is 63.8 Å². The molecular formula is C44H79F2N6O8P. The molecule has 2 aliphatic rings. The van der Waals surface area contributed by atoms with Crippen molar-refractivity contribution in [2.75, 3.05) is 33.2 Å². The number of rotatable bonds is 19. The first kappa shape index (κ1) is 59.5. The maximum absolute atomic E-state index is 14.0. The van der Waals surface area contributed by atoms with Gasteiger partial charge in [-0.15, -0.1) is 0 Å². The van der Waals surface area contributed by atoms with Gasteiger partial charge in [-0.3, -0.25) is 28.8 Å². The number of carbonyl (C=O) groups excluding carboxylic acids is 7. The highest BCUT2D eigenvalue weighted by molar-refractivity contribution is 7.18. The van der Waals surface area contributed by atoms with Crippen LogP contribution in [0, 0.1) is 23.2 Å². The van der Waals surface area contributed by atoms with E-state index in [-0.39, 0.29) is 50.1 Å². The molecule has 1 aliphatic heterocycles. The number of alkyl carbamates (subject to hydrolysis) is 1. The third-order valence-electron chi connectivity index (χ3n) is 9.01. The van der Waals surface area contributed by atoms with E-state index in [1.807, 2.05) is 45.9 Å². The van der Waals surface area contributed by atoms with Crippen LogP contribution in [-0.2, 0) is 33.5 Å². The van der Waals surface area contributed by atoms with Crippen molar-refractivity contribution in [1.82, 2.24) is 31.5 Å². The number of hydrogen-bond acceptors (Lipinski definition) is 10. The number of halogens is 2. The van der Waals surface area contributed by atoms with Gasteiger partial charge < -0.3 is 36.2 Å². The molecule has 5 N–H and O–H groups in total. The first-order chi connectivity index (χ1) is 28.2. The van der Waals surface area contributed by atoms with Crippen LogP contribution >= 0.6 is 9.24 Å². The third kappa shape index (κ3) is 21.8. The fourth-order valence-corrected chi connectivity index (χ4v) is 5.95. The average Bonchev–Trinajstić information content (AvgIpc) is 3.66. The number of nitrogens with zero attached hydrogens (tertiary/aromatic N) is 1. The average molecular weight is 889 g/mol. The van der Waals surface area contributed by atoms with E-state index in [9.17, 15) is 42.3 Å². The zero-order valence-electron chi connectivity index (χ0n) is 39.6. The fourth-order valence-electron chi connectivity index (χ4n) is 5.89. The van der Waals surface area contributed by atoms with Crippen LogP contribution in [0.4, 0.5) is 13.6 Å². The number of alkyl halides is 2. The number of Topliss-reactive ketones (excluding diaryl/α,β-unsaturated/α-hetero) is 3. The molecule has 0 spiro atoms. The lowest BCUT2D eigenvalue weighted by Crippen LogP contribution is -2.59. The van der Waals surface area contributed by atoms with Crippen molar-refractivity contribution in [3.63, 3.8) is 0 Å². The lowest BCUT2D eigenvalue weighted by Gasteiger charge is -2.37. The quantitative estimate of drug-likeness (QED) is 0.0789. The maximum atomic E-state index is 14.0. The number of amides is 4. The minimum Gasteiger partial charge on any atom is -0.437 e. The monoisotopic (exact) mass is 889 g/mol. The first-order valence-corrected chi connectivity index (χ1v) is 22.2. The molecule has 0 aromatic carbocycles. The Kier molecular flexibility index (Phi) is 28.2. The Morgan fingerprint density at radius 2 is 1.43 bits per heavy atom. The minimum atomic E-state index is -3.46. The number of carbonyl (C=O) groups is 7. The summed E-state index contributed by atoms with van der Waals surface area (Å²) in [7, 11) is 2.94. The van der Waals surface area contributed by atoms with E-state index in [1.165, 1.54) is 14.1 Å². The molecule has 61 heavy (non-hydrogen) atoms. The van der Waals surface area contributed by atoms with E-state index in [0.717, 1.165) is 19.8 Å². The number of nitrogens with one attached hydrogen (secondary N) is 5. The number of allylic oxidation sites excluding steroid dienone is 3. The molecule has 1 aliphatic carbocycles. The molecule has 0 saturated carbocycles. The summed E-state index contributed by atoms with van der Waals surface area (Å²) in [6.45, 7) is 24.5. The highest BCUT2D eigenvalue weighted by atomic mass is 31.0. The van der Waals surface area contributed by atoms with E-state index in [0.29, 0.717) is 12.8 Å². The van der Waals surface area contributed by atoms with Crippen molar-refractivity contribution in [3.8, 4) is 0 Å². The summed E-state index contributed by atoms with van der Waals surface area (Å²) in [6, 6.07) is -4.31. The van der Waals surface area contributed by atoms with E-state index in [2.05, 4.69) is 47.4 Å². The van der Waals surface area contributed by atoms with Gasteiger partial charge in [0.15, 0.2) is 11.4 Å². The van der Waals surface area contributed by atoms with Crippen molar-refractivity contribution in [2.45, 2.75) is 158 Å². The van der Waals surface area contributed by atoms with E-state index < -0.39 is 82.8 Å². The van der Waals surface area contributed by atoms with Gasteiger partial charge in [0, 0.05) is 12.5 Å². The summed E-state index contributed by atoms with van der Waals surface area (Å²) in [4.78, 5) is 93.3. The van der Waals surface area contributed by atoms with Crippen LogP contribution in [-0.4, -0.2) is 115 Å². The molecule has 0 aromatic heterocycles. The molecule has 0 radical (unpaired) electrons. The maximum Gasteiger partial charge on any atom is 0.408 e. The summed E-state index contributed by atoms with van der Waals surface area (Å²) in [5.41, 5.74) is -6.59. The molecule has 0 bridgehead atoms. The summed E-state index contributed by atoms with van der Waals surface area (Å²) in [5.74, 6) is -3.34. The van der Waals surface area contributed by atoms with Gasteiger partial charge in [-0.2, -0.15) is 8.78 Å². The number of likely N-dealkylation sites (N-methyl/N-ethyl adjacent to an activating group) is 1. The molecule has 0 aromatic rings. The summed E-state index contributed by atoms with van der Waals surface area (Å²) < 4.78 is 32.9. The van der Waals surface area contributed by atoms with Crippen molar-refractivity contribution in [3.05, 3.63) is 24.3 Å². The van der Waals surface area contributed by atoms with Gasteiger partial charge in [-0.25, -0.2) is 4.79 Å². The van der Waals surface area contributed by atoms with Crippen molar-refractivity contribution < 1.29 is 47.1 Å². The van der Waals surface area contributed by atoms with Crippen LogP contribution in [0.1, 0.15) is 123 Å². The molecule has 1 heterocycles. The van der Waals surface area contributed by atoms with Gasteiger partial charge in [0.05, 0.1) is 31.7 Å². The Morgan fingerprint density at radius 3 is 1.90 bits per heavy atom. The molecule has 6 unspecified atom stereocenters. The van der Waals surface area contributed by atoms with Crippen molar-refractivity contribution in [1.29, 1.82) is 0 Å². The number of ketones is 3. The Hall–Kier alpha value is -3.62. The molecule has 2 rings (SSSR count). The van der Waals surface area contributed by atoms with E-state index >= 15 is 0 Å². The summed E-state index contributed by atoms with van der Waals surface area (Å²) in [5, 5.41) is 13.2. The molecule has 1 saturated heterocycles. The molecule has 4 amide bonds. The summed E-state index contributed by atoms with van der Waals surface area (Å²) >= 11 is 0. The molecule has 6 atom stereocenters. The standard InChI is InChI=1S/C36H57F2N6O8P.C4H10.2C2H6/c1-21(2)17-23(29(48)26(46)19-40-20-27(47)42-28(25(45)18-39-8)22-13-10-9-11-14-22)41-31(49)24-15-12-16-44(24)32(50)30(34(3,4)5)43-33(51)52-35(6,7)36(37,38)53;1-4(2)3;2*1-2/h9-11,13,21-24,28,30,39-40H,12,14-20,53H2,1-8H3,(H,41,49)(H,42,47)(H,43,51);4H,1-3H3;2*1-2H3. The second kappa shape index (κ2) is 28.9. The second-order valence-electron chi connectivity index (χ2n) is 17.2. The molecular weight excluding hydrogens is 809 g/mol. The number of likely N-dealkylation sites (tertiary alicyclic amines) is 1. The first-order valence-electron chi connectivity index (χ1n) is 21.6. The van der Waals surface area contributed by atoms with Gasteiger partial charge in [0.25, 0.3) is 5.66 Å². The van der Waals surface area contributed by atoms with E-state index in [4.69, 9.17) is 4.74 Å². The van der Waals surface area contributed by atoms with Crippen LogP contribution < -0.4 is 26.6 Å². The molecule has 17 heteroatoms. The van der Waals surface area contributed by atoms with Crippen LogP contribution in [0.2, 0.25) is 0 Å². The van der Waals surface area contributed by atoms with Crippen LogP contribution in [0.3, 0.4) is 0 Å². The molecule has 1 fully saturated rings. The smallest absolute Gasteiger partial charge is 0.408 e. The van der Waals surface area contributed by atoms with Crippen LogP contribution in [0.5, 0.6) is 0 Å². The van der Waals surface area contributed by atoms with Crippen LogP contribution in [0.15, 0.2) is 24.3 Å². The van der Waals surface area contributed by atoms with E-state index in [1.54, 1.807) is 47.7 Å². The predicted molar refractivity (Wildman–Crippen MR) is 241 cm³/mol. The third-order valence-corrected chi connectivity index (χ3v) is 9.70. The largest absolute Gasteiger partial charge is 0.437 e. The van der Waals surface area contributed by atoms with Crippen molar-refractivity contribution >= 4 is 50.4 Å². The second-order valence-corrected chi connectivity index (χ2v) is 17.9. The zero-order chi connectivity index (χ0) is 47.9. The topological polar surface area (TPSA) is 192 Å². The number of ether oxygens (including phenoxy) is 1. The van der Waals surface area contributed by atoms with Gasteiger partial charge >= 0.3 is 6.09 Å². The predicted octanol–water partition coefficient (Wildman–Crippen LogP) is 5.74. The normalized spacial score (nSPS) is 17.5. The SMILES string of the molecule is CC.CC.CC(C)C.CNCC(=O)C(NC(=O)CNCC(=O)C(=O)C(CC(C)C)NC(=O)C1CCCN1C(=O)C(NC(=O)OC(C)(C)C(F)(F)P)C(C)(C)C)C1C=CC=CC1. The highest BCUT2D eigenvalue weighted by Crippen LogP contribution is 2.37. The van der Waals surface area contributed by atoms with Gasteiger partial charge in [0.2, 0.25) is 29.3 Å². The Labute approximate surface area is 366 Å². The van der Waals surface area contributed by atoms with Crippen LogP contribution in [0.25, 0.3) is 0 Å². The lowest BCUT2D eigenvalue weighted by atomic mass is 9.85. The number of hydrogen-bond donors (Lipinski definition) is 5. The van der Waals surface area contributed by atoms with Gasteiger partial charge in [-0.1, -0.05) is 117 Å². The lowest BCUT2D eigenvalue weighted by molar-refractivity contribution is -0.144. The molecule has 14 nitrogen and oxygen atoms in total. The summed E-state index contributed by atoms with van der Waals surface area (Å²) in [6.07, 6.45) is 7.51. The Morgan fingerprint density at radius 1 is 0.852 bits per heavy atom. The zero-order valence-corrected chi connectivity index (χ0v) is 40.7. The van der Waals surface area contributed by atoms with Gasteiger partial charge in [0.1, 0.15) is 12.1 Å². The Balaban J connectivity index is 0.